The number of hydrogen-bond donors (Lipinski definition) is 2. The van der Waals surface area contributed by atoms with Gasteiger partial charge in [-0.1, -0.05) is 13.8 Å². The summed E-state index contributed by atoms with van der Waals surface area (Å²) in [7, 11) is 0. The van der Waals surface area contributed by atoms with Crippen molar-refractivity contribution in [3.8, 4) is 0 Å². The van der Waals surface area contributed by atoms with E-state index < -0.39 is 0 Å². The Morgan fingerprint density at radius 2 is 1.50 bits per heavy atom. The van der Waals surface area contributed by atoms with Gasteiger partial charge in [0.05, 0.1) is 0 Å². The summed E-state index contributed by atoms with van der Waals surface area (Å²) in [6, 6.07) is 0. The fourth-order valence-electron chi connectivity index (χ4n) is 1.91. The van der Waals surface area contributed by atoms with E-state index in [1.54, 1.807) is 0 Å². The molecule has 0 amide bonds. The van der Waals surface area contributed by atoms with Crippen LogP contribution in [-0.4, -0.2) is 44.2 Å². The van der Waals surface area contributed by atoms with E-state index in [4.69, 9.17) is 5.73 Å². The predicted octanol–water partition coefficient (Wildman–Crippen LogP) is 1.83. The van der Waals surface area contributed by atoms with Crippen LogP contribution in [0.5, 0.6) is 0 Å². The van der Waals surface area contributed by atoms with Gasteiger partial charge in [0, 0.05) is 0 Å². The topological polar surface area (TPSA) is 41.3 Å². The van der Waals surface area contributed by atoms with Gasteiger partial charge in [0.25, 0.3) is 0 Å². The smallest absolute Gasteiger partial charge is 0.000664 e. The number of nitrogens with one attached hydrogen (secondary N) is 1. The molecule has 0 aromatic heterocycles. The molecule has 3 heteroatoms. The summed E-state index contributed by atoms with van der Waals surface area (Å²) in [5.74, 6) is 0. The Morgan fingerprint density at radius 1 is 0.875 bits per heavy atom. The number of nitrogens with two attached hydrogens (primary N) is 1. The van der Waals surface area contributed by atoms with E-state index in [-0.39, 0.29) is 0 Å². The molecule has 0 spiro atoms. The molecule has 0 saturated heterocycles. The average Bonchev–Trinajstić information content (AvgIpc) is 2.28. The van der Waals surface area contributed by atoms with Crippen LogP contribution >= 0.6 is 0 Å². The van der Waals surface area contributed by atoms with Gasteiger partial charge in [-0.3, -0.25) is 0 Å². The van der Waals surface area contributed by atoms with Crippen LogP contribution in [0.3, 0.4) is 0 Å². The summed E-state index contributed by atoms with van der Waals surface area (Å²) in [4.78, 5) is 2.57. The van der Waals surface area contributed by atoms with Gasteiger partial charge in [0.15, 0.2) is 0 Å². The van der Waals surface area contributed by atoms with Crippen LogP contribution in [0.25, 0.3) is 0 Å². The van der Waals surface area contributed by atoms with Gasteiger partial charge in [0.1, 0.15) is 0 Å². The van der Waals surface area contributed by atoms with Crippen molar-refractivity contribution < 1.29 is 0 Å². The predicted molar refractivity (Wildman–Crippen MR) is 72.8 cm³/mol. The van der Waals surface area contributed by atoms with Crippen molar-refractivity contribution in [2.75, 3.05) is 39.3 Å². The molecule has 0 fully saturated rings. The van der Waals surface area contributed by atoms with Crippen LogP contribution in [-0.2, 0) is 0 Å². The minimum Gasteiger partial charge on any atom is -0.330 e. The van der Waals surface area contributed by atoms with Crippen molar-refractivity contribution in [2.45, 2.75) is 46.0 Å². The van der Waals surface area contributed by atoms with Crippen molar-refractivity contribution in [2.24, 2.45) is 5.73 Å². The van der Waals surface area contributed by atoms with Gasteiger partial charge in [-0.15, -0.1) is 0 Å². The minimum absolute atomic E-state index is 0.822. The average molecular weight is 229 g/mol. The number of hydrogen-bond acceptors (Lipinski definition) is 3. The Balaban J connectivity index is 3.25. The summed E-state index contributed by atoms with van der Waals surface area (Å²) in [5, 5.41) is 3.48. The normalized spacial score (nSPS) is 11.2. The van der Waals surface area contributed by atoms with Gasteiger partial charge < -0.3 is 16.0 Å². The molecule has 0 aromatic carbocycles. The molecule has 16 heavy (non-hydrogen) atoms. The SMILES string of the molecule is CCCN(CCC)CCCNCCCCN. The van der Waals surface area contributed by atoms with Gasteiger partial charge in [-0.05, 0) is 71.4 Å². The van der Waals surface area contributed by atoms with Crippen molar-refractivity contribution in [1.29, 1.82) is 0 Å². The van der Waals surface area contributed by atoms with E-state index in [0.717, 1.165) is 26.1 Å². The second-order valence-corrected chi connectivity index (χ2v) is 4.44. The Morgan fingerprint density at radius 3 is 2.06 bits per heavy atom. The first kappa shape index (κ1) is 15.9. The molecule has 0 unspecified atom stereocenters. The van der Waals surface area contributed by atoms with Crippen molar-refractivity contribution in [1.82, 2.24) is 10.2 Å². The number of rotatable bonds is 12. The highest BCUT2D eigenvalue weighted by Crippen LogP contribution is 1.95. The number of unbranched alkanes of at least 4 members (excludes halogenated alkanes) is 1. The zero-order chi connectivity index (χ0) is 12.1. The highest BCUT2D eigenvalue weighted by molar-refractivity contribution is 4.58. The Hall–Kier alpha value is -0.120. The monoisotopic (exact) mass is 229 g/mol. The molecule has 98 valence electrons. The standard InChI is InChI=1S/C13H31N3/c1-3-11-16(12-4-2)13-7-10-15-9-6-5-8-14/h15H,3-14H2,1-2H3. The molecule has 0 aliphatic rings. The second kappa shape index (κ2) is 12.9. The maximum atomic E-state index is 5.44. The molecule has 0 aliphatic heterocycles. The zero-order valence-electron chi connectivity index (χ0n) is 11.3. The summed E-state index contributed by atoms with van der Waals surface area (Å²) < 4.78 is 0. The summed E-state index contributed by atoms with van der Waals surface area (Å²) in [6.45, 7) is 11.4. The molecule has 3 N–H and O–H groups in total. The van der Waals surface area contributed by atoms with E-state index in [2.05, 4.69) is 24.1 Å². The van der Waals surface area contributed by atoms with Crippen molar-refractivity contribution in [3.63, 3.8) is 0 Å². The maximum absolute atomic E-state index is 5.44. The van der Waals surface area contributed by atoms with E-state index >= 15 is 0 Å². The largest absolute Gasteiger partial charge is 0.330 e. The van der Waals surface area contributed by atoms with Gasteiger partial charge in [-0.2, -0.15) is 0 Å². The molecular weight excluding hydrogens is 198 g/mol. The quantitative estimate of drug-likeness (QED) is 0.502. The number of nitrogens with zero attached hydrogens (tertiary/aromatic N) is 1. The van der Waals surface area contributed by atoms with Crippen molar-refractivity contribution in [3.05, 3.63) is 0 Å². The molecule has 0 aromatic rings. The second-order valence-electron chi connectivity index (χ2n) is 4.44. The van der Waals surface area contributed by atoms with E-state index in [1.807, 2.05) is 0 Å². The lowest BCUT2D eigenvalue weighted by Gasteiger charge is -2.20. The lowest BCUT2D eigenvalue weighted by atomic mass is 10.3. The van der Waals surface area contributed by atoms with Crippen molar-refractivity contribution >= 4 is 0 Å². The third-order valence-electron chi connectivity index (χ3n) is 2.72. The van der Waals surface area contributed by atoms with Crippen LogP contribution < -0.4 is 11.1 Å². The summed E-state index contributed by atoms with van der Waals surface area (Å²) >= 11 is 0. The molecule has 0 rings (SSSR count). The molecule has 0 bridgehead atoms. The highest BCUT2D eigenvalue weighted by Gasteiger charge is 2.00. The maximum Gasteiger partial charge on any atom is -0.000664 e. The van der Waals surface area contributed by atoms with Crippen LogP contribution in [0, 0.1) is 0 Å². The molecule has 3 nitrogen and oxygen atoms in total. The zero-order valence-corrected chi connectivity index (χ0v) is 11.3. The fraction of sp³-hybridized carbons (Fsp3) is 1.00. The molecule has 0 heterocycles. The van der Waals surface area contributed by atoms with E-state index in [0.29, 0.717) is 0 Å². The highest BCUT2D eigenvalue weighted by atomic mass is 15.1. The summed E-state index contributed by atoms with van der Waals surface area (Å²) in [6.07, 6.45) is 6.16. The first-order chi connectivity index (χ1) is 7.85. The van der Waals surface area contributed by atoms with Crippen LogP contribution in [0.2, 0.25) is 0 Å². The van der Waals surface area contributed by atoms with E-state index in [9.17, 15) is 0 Å². The Labute approximate surface area is 102 Å². The molecule has 0 radical (unpaired) electrons. The van der Waals surface area contributed by atoms with Crippen LogP contribution in [0.4, 0.5) is 0 Å². The van der Waals surface area contributed by atoms with Gasteiger partial charge >= 0.3 is 0 Å². The molecule has 0 saturated carbocycles. The fourth-order valence-corrected chi connectivity index (χ4v) is 1.91. The summed E-state index contributed by atoms with van der Waals surface area (Å²) in [5.41, 5.74) is 5.44. The van der Waals surface area contributed by atoms with Crippen LogP contribution in [0.15, 0.2) is 0 Å². The Bertz CT molecular complexity index is 122. The van der Waals surface area contributed by atoms with Gasteiger partial charge in [0.2, 0.25) is 0 Å². The molecular formula is C13H31N3. The third kappa shape index (κ3) is 10.4. The molecule has 0 atom stereocenters. The lowest BCUT2D eigenvalue weighted by Crippen LogP contribution is -2.29. The van der Waals surface area contributed by atoms with Crippen LogP contribution in [0.1, 0.15) is 46.0 Å². The first-order valence-electron chi connectivity index (χ1n) is 6.98. The van der Waals surface area contributed by atoms with Gasteiger partial charge in [-0.25, -0.2) is 0 Å². The van der Waals surface area contributed by atoms with E-state index in [1.165, 1.54) is 45.3 Å². The molecule has 0 aliphatic carbocycles. The Kier molecular flexibility index (Phi) is 12.9. The lowest BCUT2D eigenvalue weighted by molar-refractivity contribution is 0.270. The minimum atomic E-state index is 0.822. The third-order valence-corrected chi connectivity index (χ3v) is 2.72. The first-order valence-corrected chi connectivity index (χ1v) is 6.98.